The van der Waals surface area contributed by atoms with Crippen molar-refractivity contribution in [3.05, 3.63) is 57.6 Å². The first-order chi connectivity index (χ1) is 13.9. The van der Waals surface area contributed by atoms with E-state index < -0.39 is 23.7 Å². The molecule has 3 aromatic rings. The number of hydrogen-bond donors (Lipinski definition) is 1. The smallest absolute Gasteiger partial charge is 0.326 e. The minimum atomic E-state index is -1.10. The molecule has 0 bridgehead atoms. The zero-order valence-corrected chi connectivity index (χ0v) is 17.3. The zero-order chi connectivity index (χ0) is 21.1. The van der Waals surface area contributed by atoms with Gasteiger partial charge < -0.3 is 14.4 Å². The van der Waals surface area contributed by atoms with Crippen molar-refractivity contribution in [1.29, 1.82) is 0 Å². The predicted octanol–water partition coefficient (Wildman–Crippen LogP) is 4.67. The van der Waals surface area contributed by atoms with Crippen LogP contribution in [0.25, 0.3) is 10.2 Å². The molecule has 1 heterocycles. The Labute approximate surface area is 174 Å². The Morgan fingerprint density at radius 2 is 2.07 bits per heavy atom. The van der Waals surface area contributed by atoms with Crippen molar-refractivity contribution in [2.75, 3.05) is 6.61 Å². The highest BCUT2D eigenvalue weighted by Crippen LogP contribution is 2.31. The van der Waals surface area contributed by atoms with E-state index in [1.807, 2.05) is 0 Å². The summed E-state index contributed by atoms with van der Waals surface area (Å²) in [5.74, 6) is -2.25. The summed E-state index contributed by atoms with van der Waals surface area (Å²) in [5.41, 5.74) is 0.586. The third-order valence-electron chi connectivity index (χ3n) is 4.25. The molecule has 0 fully saturated rings. The average Bonchev–Trinajstić information content (AvgIpc) is 3.03. The molecule has 1 atom stereocenters. The number of thiazole rings is 1. The molecule has 0 aliphatic heterocycles. The van der Waals surface area contributed by atoms with Crippen LogP contribution in [0.1, 0.15) is 36.7 Å². The lowest BCUT2D eigenvalue weighted by Crippen LogP contribution is -2.27. The summed E-state index contributed by atoms with van der Waals surface area (Å²) in [6.45, 7) is 3.72. The van der Waals surface area contributed by atoms with Crippen LogP contribution in [0.3, 0.4) is 0 Å². The number of hydrogen-bond acceptors (Lipinski definition) is 4. The molecule has 0 radical (unpaired) electrons. The molecular formula is C20H18ClFN2O4S. The fourth-order valence-electron chi connectivity index (χ4n) is 2.94. The Kier molecular flexibility index (Phi) is 6.34. The van der Waals surface area contributed by atoms with E-state index in [0.29, 0.717) is 10.5 Å². The van der Waals surface area contributed by atoms with Crippen LogP contribution in [-0.2, 0) is 4.79 Å². The number of halogens is 2. The van der Waals surface area contributed by atoms with Gasteiger partial charge in [-0.3, -0.25) is 4.79 Å². The number of carboxylic acids is 1. The molecule has 0 saturated carbocycles. The molecule has 3 rings (SSSR count). The minimum absolute atomic E-state index is 0.0597. The van der Waals surface area contributed by atoms with E-state index >= 15 is 0 Å². The van der Waals surface area contributed by atoms with Crippen LogP contribution in [0.5, 0.6) is 5.75 Å². The highest BCUT2D eigenvalue weighted by Gasteiger charge is 2.24. The molecule has 29 heavy (non-hydrogen) atoms. The summed E-state index contributed by atoms with van der Waals surface area (Å²) in [6.07, 6.45) is 0.231. The summed E-state index contributed by atoms with van der Waals surface area (Å²) in [4.78, 5) is 28.6. The van der Waals surface area contributed by atoms with E-state index in [4.69, 9.17) is 16.3 Å². The first kappa shape index (κ1) is 21.0. The number of nitrogens with zero attached hydrogens (tertiary/aromatic N) is 2. The fraction of sp³-hybridized carbons (Fsp3) is 0.250. The molecular weight excluding hydrogens is 419 g/mol. The van der Waals surface area contributed by atoms with Crippen LogP contribution in [-0.4, -0.2) is 28.2 Å². The third-order valence-corrected chi connectivity index (χ3v) is 5.55. The second-order valence-corrected chi connectivity index (χ2v) is 7.52. The summed E-state index contributed by atoms with van der Waals surface area (Å²) in [7, 11) is 0. The molecule has 1 unspecified atom stereocenters. The van der Waals surface area contributed by atoms with Gasteiger partial charge in [-0.05, 0) is 43.7 Å². The van der Waals surface area contributed by atoms with Gasteiger partial charge in [0.25, 0.3) is 5.91 Å². The summed E-state index contributed by atoms with van der Waals surface area (Å²) < 4.78 is 21.8. The minimum Gasteiger partial charge on any atom is -0.491 e. The Morgan fingerprint density at radius 3 is 2.69 bits per heavy atom. The van der Waals surface area contributed by atoms with Crippen LogP contribution in [0.4, 0.5) is 4.39 Å². The van der Waals surface area contributed by atoms with E-state index in [-0.39, 0.29) is 33.8 Å². The lowest BCUT2D eigenvalue weighted by molar-refractivity contribution is -0.140. The van der Waals surface area contributed by atoms with Gasteiger partial charge in [-0.25, -0.2) is 9.18 Å². The Balaban J connectivity index is 2.27. The van der Waals surface area contributed by atoms with Gasteiger partial charge in [0.2, 0.25) is 0 Å². The summed E-state index contributed by atoms with van der Waals surface area (Å²) >= 11 is 6.84. The van der Waals surface area contributed by atoms with Crippen molar-refractivity contribution < 1.29 is 23.8 Å². The lowest BCUT2D eigenvalue weighted by Gasteiger charge is -2.14. The van der Waals surface area contributed by atoms with E-state index in [2.05, 4.69) is 4.99 Å². The van der Waals surface area contributed by atoms with Gasteiger partial charge in [0.1, 0.15) is 6.04 Å². The van der Waals surface area contributed by atoms with Crippen molar-refractivity contribution in [1.82, 2.24) is 4.57 Å². The van der Waals surface area contributed by atoms with Gasteiger partial charge in [0.15, 0.2) is 16.4 Å². The molecule has 2 aromatic carbocycles. The van der Waals surface area contributed by atoms with Crippen LogP contribution in [0.2, 0.25) is 5.02 Å². The van der Waals surface area contributed by atoms with Crippen molar-refractivity contribution >= 4 is 45.0 Å². The van der Waals surface area contributed by atoms with Crippen molar-refractivity contribution in [2.24, 2.45) is 4.99 Å². The first-order valence-electron chi connectivity index (χ1n) is 8.91. The first-order valence-corrected chi connectivity index (χ1v) is 10.1. The van der Waals surface area contributed by atoms with Crippen molar-refractivity contribution in [3.8, 4) is 5.75 Å². The number of aromatic nitrogens is 1. The van der Waals surface area contributed by atoms with E-state index in [0.717, 1.165) is 11.3 Å². The molecule has 0 spiro atoms. The Hall–Kier alpha value is -2.71. The molecule has 9 heteroatoms. The van der Waals surface area contributed by atoms with Crippen molar-refractivity contribution in [2.45, 2.75) is 26.3 Å². The number of fused-ring (bicyclic) bond motifs is 1. The molecule has 1 N–H and O–H groups in total. The van der Waals surface area contributed by atoms with E-state index in [1.165, 1.54) is 16.7 Å². The molecule has 0 aliphatic carbocycles. The summed E-state index contributed by atoms with van der Waals surface area (Å²) in [5, 5.41) is 10.0. The third kappa shape index (κ3) is 4.18. The maximum atomic E-state index is 14.9. The number of amides is 1. The number of aliphatic carboxylic acids is 1. The van der Waals surface area contributed by atoms with Crippen LogP contribution < -0.4 is 9.54 Å². The van der Waals surface area contributed by atoms with Gasteiger partial charge in [-0.2, -0.15) is 4.99 Å². The number of carbonyl (C=O) groups excluding carboxylic acids is 1. The Bertz CT molecular complexity index is 1160. The summed E-state index contributed by atoms with van der Waals surface area (Å²) in [6, 6.07) is 8.28. The van der Waals surface area contributed by atoms with Gasteiger partial charge in [-0.15, -0.1) is 0 Å². The highest BCUT2D eigenvalue weighted by atomic mass is 35.5. The molecule has 0 aliphatic rings. The number of carboxylic acid groups (broad SMARTS) is 1. The number of benzene rings is 2. The maximum absolute atomic E-state index is 14.9. The van der Waals surface area contributed by atoms with Crippen LogP contribution in [0.15, 0.2) is 41.4 Å². The van der Waals surface area contributed by atoms with Crippen LogP contribution in [0, 0.1) is 5.82 Å². The number of carbonyl (C=O) groups is 2. The predicted molar refractivity (Wildman–Crippen MR) is 109 cm³/mol. The van der Waals surface area contributed by atoms with Gasteiger partial charge in [-0.1, -0.05) is 35.9 Å². The Morgan fingerprint density at radius 1 is 1.31 bits per heavy atom. The zero-order valence-electron chi connectivity index (χ0n) is 15.7. The van der Waals surface area contributed by atoms with Gasteiger partial charge in [0.05, 0.1) is 16.8 Å². The normalized spacial score (nSPS) is 12.9. The molecule has 6 nitrogen and oxygen atoms in total. The lowest BCUT2D eigenvalue weighted by atomic mass is 10.2. The fourth-order valence-corrected chi connectivity index (χ4v) is 4.23. The molecule has 0 saturated heterocycles. The van der Waals surface area contributed by atoms with E-state index in [9.17, 15) is 19.1 Å². The quantitative estimate of drug-likeness (QED) is 0.608. The standard InChI is InChI=1S/C20H18ClFN2O4S/c1-3-13(19(26)27)24-14-8-9-15(28-4-2)16(22)17(14)29-20(24)23-18(25)11-6-5-7-12(21)10-11/h5-10,13H,3-4H2,1-2H3,(H,26,27). The topological polar surface area (TPSA) is 80.9 Å². The SMILES string of the molecule is CCOc1ccc2c(sc(=NC(=O)c3cccc(Cl)c3)n2C(CC)C(=O)O)c1F. The second-order valence-electron chi connectivity index (χ2n) is 6.10. The average molecular weight is 437 g/mol. The van der Waals surface area contributed by atoms with Gasteiger partial charge in [0, 0.05) is 10.6 Å². The molecule has 1 aromatic heterocycles. The molecule has 1 amide bonds. The number of rotatable bonds is 6. The van der Waals surface area contributed by atoms with E-state index in [1.54, 1.807) is 38.1 Å². The van der Waals surface area contributed by atoms with Gasteiger partial charge >= 0.3 is 5.97 Å². The van der Waals surface area contributed by atoms with Crippen molar-refractivity contribution in [3.63, 3.8) is 0 Å². The second kappa shape index (κ2) is 8.75. The highest BCUT2D eigenvalue weighted by molar-refractivity contribution is 7.16. The molecule has 152 valence electrons. The monoisotopic (exact) mass is 436 g/mol. The maximum Gasteiger partial charge on any atom is 0.326 e. The number of ether oxygens (including phenoxy) is 1. The largest absolute Gasteiger partial charge is 0.491 e. The van der Waals surface area contributed by atoms with Crippen LogP contribution >= 0.6 is 22.9 Å².